The fraction of sp³-hybridized carbons (Fsp3) is 0.105. The number of thiazole rings is 1. The van der Waals surface area contributed by atoms with Crippen LogP contribution in [0.5, 0.6) is 0 Å². The summed E-state index contributed by atoms with van der Waals surface area (Å²) in [5.41, 5.74) is 6.28. The summed E-state index contributed by atoms with van der Waals surface area (Å²) in [5, 5.41) is 7.62. The Labute approximate surface area is 187 Å². The molecule has 0 saturated carbocycles. The standard InChI is InChI=1S/C19H18ClN5O4S2/c20-13-3-1-12(2-4-13)16(24-18(21)27)11-17(26)23-14-5-7-15(8-6-14)31(28,29)25-19-22-9-10-30-19/h1-10,16H,11H2,(H,22,25)(H,23,26)(H3,21,24,27)/t16-/m0/s1. The smallest absolute Gasteiger partial charge is 0.312 e. The van der Waals surface area contributed by atoms with Crippen molar-refractivity contribution in [3.63, 3.8) is 0 Å². The fourth-order valence-electron chi connectivity index (χ4n) is 2.68. The molecule has 0 aliphatic carbocycles. The van der Waals surface area contributed by atoms with Gasteiger partial charge < -0.3 is 16.4 Å². The molecule has 0 spiro atoms. The van der Waals surface area contributed by atoms with Crippen molar-refractivity contribution >= 4 is 55.7 Å². The highest BCUT2D eigenvalue weighted by molar-refractivity contribution is 7.93. The first-order valence-electron chi connectivity index (χ1n) is 8.86. The maximum atomic E-state index is 12.5. The summed E-state index contributed by atoms with van der Waals surface area (Å²) in [5.74, 6) is -0.398. The van der Waals surface area contributed by atoms with Crippen molar-refractivity contribution in [1.82, 2.24) is 10.3 Å². The van der Waals surface area contributed by atoms with Crippen LogP contribution in [0.15, 0.2) is 65.0 Å². The van der Waals surface area contributed by atoms with Gasteiger partial charge in [-0.2, -0.15) is 0 Å². The Morgan fingerprint density at radius 2 is 1.77 bits per heavy atom. The summed E-state index contributed by atoms with van der Waals surface area (Å²) in [6.45, 7) is 0. The van der Waals surface area contributed by atoms with Gasteiger partial charge >= 0.3 is 6.03 Å². The Bertz CT molecular complexity index is 1150. The highest BCUT2D eigenvalue weighted by Gasteiger charge is 2.19. The van der Waals surface area contributed by atoms with Crippen LogP contribution in [0.25, 0.3) is 0 Å². The molecule has 0 saturated heterocycles. The lowest BCUT2D eigenvalue weighted by atomic mass is 10.0. The van der Waals surface area contributed by atoms with Crippen molar-refractivity contribution in [3.8, 4) is 0 Å². The predicted octanol–water partition coefficient (Wildman–Crippen LogP) is 3.34. The van der Waals surface area contributed by atoms with Crippen molar-refractivity contribution < 1.29 is 18.0 Å². The number of primary amides is 1. The Morgan fingerprint density at radius 3 is 2.35 bits per heavy atom. The normalized spacial score (nSPS) is 12.0. The third-order valence-electron chi connectivity index (χ3n) is 4.08. The second-order valence-electron chi connectivity index (χ2n) is 6.33. The van der Waals surface area contributed by atoms with Gasteiger partial charge in [-0.1, -0.05) is 23.7 Å². The molecule has 0 aliphatic rings. The summed E-state index contributed by atoms with van der Waals surface area (Å²) >= 11 is 7.04. The lowest BCUT2D eigenvalue weighted by molar-refractivity contribution is -0.116. The van der Waals surface area contributed by atoms with E-state index in [1.54, 1.807) is 29.6 Å². The second-order valence-corrected chi connectivity index (χ2v) is 9.35. The number of rotatable bonds is 8. The van der Waals surface area contributed by atoms with Gasteiger partial charge in [-0.25, -0.2) is 18.2 Å². The summed E-state index contributed by atoms with van der Waals surface area (Å²) in [6, 6.07) is 10.9. The molecular formula is C19H18ClN5O4S2. The summed E-state index contributed by atoms with van der Waals surface area (Å²) < 4.78 is 27.1. The fourth-order valence-corrected chi connectivity index (χ4v) is 4.60. The zero-order valence-corrected chi connectivity index (χ0v) is 18.3. The maximum absolute atomic E-state index is 12.5. The maximum Gasteiger partial charge on any atom is 0.312 e. The molecule has 3 amide bonds. The van der Waals surface area contributed by atoms with Gasteiger partial charge in [0.25, 0.3) is 10.0 Å². The number of hydrogen-bond donors (Lipinski definition) is 4. The number of sulfonamides is 1. The zero-order valence-electron chi connectivity index (χ0n) is 15.9. The SMILES string of the molecule is NC(=O)N[C@@H](CC(=O)Nc1ccc(S(=O)(=O)Nc2nccs2)cc1)c1ccc(Cl)cc1. The number of carbonyl (C=O) groups excluding carboxylic acids is 2. The minimum absolute atomic E-state index is 0.0233. The van der Waals surface area contributed by atoms with Gasteiger partial charge in [0, 0.05) is 22.3 Å². The van der Waals surface area contributed by atoms with Gasteiger partial charge in [-0.15, -0.1) is 11.3 Å². The van der Waals surface area contributed by atoms with E-state index in [-0.39, 0.29) is 16.4 Å². The Hall–Kier alpha value is -3.15. The summed E-state index contributed by atoms with van der Waals surface area (Å²) in [6.07, 6.45) is 1.40. The van der Waals surface area contributed by atoms with Crippen LogP contribution in [0, 0.1) is 0 Å². The van der Waals surface area contributed by atoms with Gasteiger partial charge in [-0.05, 0) is 42.0 Å². The molecule has 1 atom stereocenters. The van der Waals surface area contributed by atoms with Gasteiger partial charge in [-0.3, -0.25) is 9.52 Å². The van der Waals surface area contributed by atoms with Crippen LogP contribution in [0.2, 0.25) is 5.02 Å². The molecule has 1 heterocycles. The first-order chi connectivity index (χ1) is 14.7. The van der Waals surface area contributed by atoms with Crippen LogP contribution < -0.4 is 21.1 Å². The van der Waals surface area contributed by atoms with Crippen molar-refractivity contribution in [3.05, 3.63) is 70.7 Å². The van der Waals surface area contributed by atoms with Crippen LogP contribution in [0.4, 0.5) is 15.6 Å². The van der Waals surface area contributed by atoms with Crippen LogP contribution in [0.1, 0.15) is 18.0 Å². The molecule has 0 radical (unpaired) electrons. The molecule has 5 N–H and O–H groups in total. The quantitative estimate of drug-likeness (QED) is 0.391. The molecule has 31 heavy (non-hydrogen) atoms. The number of nitrogens with zero attached hydrogens (tertiary/aromatic N) is 1. The molecular weight excluding hydrogens is 462 g/mol. The Kier molecular flexibility index (Phi) is 7.10. The number of aromatic nitrogens is 1. The first-order valence-corrected chi connectivity index (χ1v) is 11.6. The third-order valence-corrected chi connectivity index (χ3v) is 6.51. The number of amides is 3. The van der Waals surface area contributed by atoms with Crippen LogP contribution in [-0.2, 0) is 14.8 Å². The minimum Gasteiger partial charge on any atom is -0.352 e. The molecule has 1 aromatic heterocycles. The largest absolute Gasteiger partial charge is 0.352 e. The molecule has 0 fully saturated rings. The first kappa shape index (κ1) is 22.5. The van der Waals surface area contributed by atoms with Crippen LogP contribution in [-0.4, -0.2) is 25.3 Å². The molecule has 162 valence electrons. The van der Waals surface area contributed by atoms with Crippen molar-refractivity contribution in [2.24, 2.45) is 5.73 Å². The number of benzene rings is 2. The number of halogens is 1. The molecule has 9 nitrogen and oxygen atoms in total. The van der Waals surface area contributed by atoms with E-state index in [0.29, 0.717) is 16.3 Å². The van der Waals surface area contributed by atoms with E-state index in [1.807, 2.05) is 0 Å². The second kappa shape index (κ2) is 9.77. The average molecular weight is 480 g/mol. The van der Waals surface area contributed by atoms with E-state index < -0.39 is 28.0 Å². The van der Waals surface area contributed by atoms with Crippen LogP contribution in [0.3, 0.4) is 0 Å². The van der Waals surface area contributed by atoms with Gasteiger partial charge in [0.1, 0.15) is 0 Å². The lowest BCUT2D eigenvalue weighted by Crippen LogP contribution is -2.35. The number of anilines is 2. The van der Waals surface area contributed by atoms with Gasteiger partial charge in [0.15, 0.2) is 5.13 Å². The van der Waals surface area contributed by atoms with E-state index in [4.69, 9.17) is 17.3 Å². The van der Waals surface area contributed by atoms with E-state index in [0.717, 1.165) is 11.3 Å². The van der Waals surface area contributed by atoms with Crippen molar-refractivity contribution in [1.29, 1.82) is 0 Å². The van der Waals surface area contributed by atoms with E-state index >= 15 is 0 Å². The molecule has 0 unspecified atom stereocenters. The molecule has 0 aliphatic heterocycles. The Morgan fingerprint density at radius 1 is 1.10 bits per heavy atom. The summed E-state index contributed by atoms with van der Waals surface area (Å²) in [7, 11) is -3.79. The van der Waals surface area contributed by atoms with Crippen molar-refractivity contribution in [2.45, 2.75) is 17.4 Å². The number of hydrogen-bond acceptors (Lipinski definition) is 6. The molecule has 0 bridgehead atoms. The molecule has 3 aromatic rings. The molecule has 12 heteroatoms. The van der Waals surface area contributed by atoms with Crippen LogP contribution >= 0.6 is 22.9 Å². The van der Waals surface area contributed by atoms with E-state index in [2.05, 4.69) is 20.3 Å². The number of urea groups is 1. The number of nitrogens with one attached hydrogen (secondary N) is 3. The topological polar surface area (TPSA) is 143 Å². The lowest BCUT2D eigenvalue weighted by Gasteiger charge is -2.18. The van der Waals surface area contributed by atoms with Crippen molar-refractivity contribution in [2.75, 3.05) is 10.0 Å². The number of carbonyl (C=O) groups is 2. The highest BCUT2D eigenvalue weighted by atomic mass is 35.5. The van der Waals surface area contributed by atoms with E-state index in [9.17, 15) is 18.0 Å². The van der Waals surface area contributed by atoms with Gasteiger partial charge in [0.05, 0.1) is 17.4 Å². The monoisotopic (exact) mass is 479 g/mol. The molecule has 3 rings (SSSR count). The zero-order chi connectivity index (χ0) is 22.4. The number of nitrogens with two attached hydrogens (primary N) is 1. The van der Waals surface area contributed by atoms with E-state index in [1.165, 1.54) is 30.5 Å². The Balaban J connectivity index is 1.66. The minimum atomic E-state index is -3.79. The van der Waals surface area contributed by atoms with Gasteiger partial charge in [0.2, 0.25) is 5.91 Å². The summed E-state index contributed by atoms with van der Waals surface area (Å²) in [4.78, 5) is 27.7. The highest BCUT2D eigenvalue weighted by Crippen LogP contribution is 2.22. The predicted molar refractivity (Wildman–Crippen MR) is 120 cm³/mol. The average Bonchev–Trinajstić information content (AvgIpc) is 3.20. The third kappa shape index (κ3) is 6.41. The molecule has 2 aromatic carbocycles.